The highest BCUT2D eigenvalue weighted by Crippen LogP contribution is 2.25. The number of aryl methyl sites for hydroxylation is 1. The molecule has 0 fully saturated rings. The zero-order valence-electron chi connectivity index (χ0n) is 17.4. The first-order valence-electron chi connectivity index (χ1n) is 9.54. The largest absolute Gasteiger partial charge is 0.342 e. The van der Waals surface area contributed by atoms with Crippen LogP contribution in [0.1, 0.15) is 48.0 Å². The summed E-state index contributed by atoms with van der Waals surface area (Å²) in [4.78, 5) is 24.8. The highest BCUT2D eigenvalue weighted by molar-refractivity contribution is 8.00. The summed E-state index contributed by atoms with van der Waals surface area (Å²) in [5.74, 6) is -0.882. The monoisotopic (exact) mass is 463 g/mol. The van der Waals surface area contributed by atoms with Crippen molar-refractivity contribution in [1.82, 2.24) is 30.3 Å². The molecule has 0 bridgehead atoms. The minimum atomic E-state index is -0.595. The summed E-state index contributed by atoms with van der Waals surface area (Å²) in [5.41, 5.74) is -0.0423. The summed E-state index contributed by atoms with van der Waals surface area (Å²) in [6.45, 7) is 5.45. The Kier molecular flexibility index (Phi) is 7.33. The van der Waals surface area contributed by atoms with Crippen molar-refractivity contribution in [1.29, 1.82) is 0 Å². The first-order chi connectivity index (χ1) is 14.8. The highest BCUT2D eigenvalue weighted by Gasteiger charge is 2.23. The second kappa shape index (κ2) is 9.96. The van der Waals surface area contributed by atoms with E-state index in [2.05, 4.69) is 31.0 Å². The highest BCUT2D eigenvalue weighted by atomic mass is 32.2. The van der Waals surface area contributed by atoms with E-state index in [1.54, 1.807) is 31.5 Å². The van der Waals surface area contributed by atoms with Gasteiger partial charge in [0.1, 0.15) is 10.8 Å². The number of aromatic nitrogens is 5. The molecule has 2 heterocycles. The number of rotatable bonds is 8. The lowest BCUT2D eigenvalue weighted by Gasteiger charge is -2.14. The van der Waals surface area contributed by atoms with Gasteiger partial charge in [0.25, 0.3) is 5.91 Å². The number of nitrogens with zero attached hydrogens (tertiary/aromatic N) is 5. The second-order valence-corrected chi connectivity index (χ2v) is 9.05. The minimum Gasteiger partial charge on any atom is -0.342 e. The summed E-state index contributed by atoms with van der Waals surface area (Å²) in [7, 11) is 1.74. The van der Waals surface area contributed by atoms with Crippen LogP contribution in [-0.2, 0) is 18.3 Å². The summed E-state index contributed by atoms with van der Waals surface area (Å²) in [5, 5.41) is 23.0. The topological polar surface area (TPSA) is 115 Å². The Morgan fingerprint density at radius 2 is 1.94 bits per heavy atom. The number of thioether (sulfide) groups is 1. The molecule has 164 valence electrons. The van der Waals surface area contributed by atoms with E-state index in [1.165, 1.54) is 41.3 Å². The zero-order chi connectivity index (χ0) is 22.5. The summed E-state index contributed by atoms with van der Waals surface area (Å²) < 4.78 is 15.5. The number of hydrogen-bond acceptors (Lipinski definition) is 8. The van der Waals surface area contributed by atoms with Crippen LogP contribution >= 0.6 is 23.1 Å². The Morgan fingerprint density at radius 1 is 1.19 bits per heavy atom. The Hall–Kier alpha value is -2.86. The summed E-state index contributed by atoms with van der Waals surface area (Å²) in [6, 6.07) is 5.24. The van der Waals surface area contributed by atoms with Gasteiger partial charge in [0, 0.05) is 7.05 Å². The van der Waals surface area contributed by atoms with E-state index in [0.717, 1.165) is 11.4 Å². The maximum absolute atomic E-state index is 13.8. The van der Waals surface area contributed by atoms with Crippen LogP contribution in [0.25, 0.3) is 0 Å². The molecule has 0 saturated heterocycles. The van der Waals surface area contributed by atoms with Crippen LogP contribution in [0.15, 0.2) is 29.4 Å². The lowest BCUT2D eigenvalue weighted by Crippen LogP contribution is -2.29. The fourth-order valence-corrected chi connectivity index (χ4v) is 4.16. The van der Waals surface area contributed by atoms with Gasteiger partial charge in [-0.2, -0.15) is 0 Å². The van der Waals surface area contributed by atoms with E-state index in [1.807, 2.05) is 6.92 Å². The average molecular weight is 464 g/mol. The van der Waals surface area contributed by atoms with Crippen molar-refractivity contribution in [2.75, 3.05) is 5.32 Å². The van der Waals surface area contributed by atoms with E-state index < -0.39 is 23.0 Å². The Morgan fingerprint density at radius 3 is 2.61 bits per heavy atom. The van der Waals surface area contributed by atoms with Crippen LogP contribution in [-0.4, -0.2) is 42.0 Å². The van der Waals surface area contributed by atoms with Gasteiger partial charge in [0.05, 0.1) is 16.9 Å². The van der Waals surface area contributed by atoms with E-state index in [0.29, 0.717) is 16.1 Å². The fourth-order valence-electron chi connectivity index (χ4n) is 2.66. The van der Waals surface area contributed by atoms with Crippen LogP contribution in [0.2, 0.25) is 0 Å². The van der Waals surface area contributed by atoms with Gasteiger partial charge in [-0.25, -0.2) is 4.39 Å². The maximum atomic E-state index is 13.8. The van der Waals surface area contributed by atoms with Crippen molar-refractivity contribution in [2.45, 2.75) is 43.6 Å². The predicted molar refractivity (Wildman–Crippen MR) is 117 cm³/mol. The number of carbonyl (C=O) groups excluding carboxylic acids is 2. The predicted octanol–water partition coefficient (Wildman–Crippen LogP) is 2.98. The number of benzene rings is 1. The number of hydrogen-bond donors (Lipinski definition) is 2. The van der Waals surface area contributed by atoms with Gasteiger partial charge < -0.3 is 9.88 Å². The zero-order valence-corrected chi connectivity index (χ0v) is 19.1. The molecule has 0 saturated carbocycles. The number of carbonyl (C=O) groups is 2. The second-order valence-electron chi connectivity index (χ2n) is 6.68. The SMILES string of the molecule is CCc1nnc(NC(=O)[C@@H](C)Sc2nnc([C@@H](C)NC(=O)c3ccccc3F)n2C)s1. The van der Waals surface area contributed by atoms with E-state index >= 15 is 0 Å². The molecule has 3 aromatic rings. The third kappa shape index (κ3) is 5.44. The number of amides is 2. The normalized spacial score (nSPS) is 12.9. The van der Waals surface area contributed by atoms with Crippen molar-refractivity contribution >= 4 is 40.0 Å². The lowest BCUT2D eigenvalue weighted by atomic mass is 10.2. The first kappa shape index (κ1) is 22.8. The molecule has 2 N–H and O–H groups in total. The molecule has 1 aromatic carbocycles. The molecular weight excluding hydrogens is 441 g/mol. The molecule has 12 heteroatoms. The van der Waals surface area contributed by atoms with E-state index in [-0.39, 0.29) is 11.5 Å². The molecule has 2 atom stereocenters. The third-order valence-electron chi connectivity index (χ3n) is 4.37. The lowest BCUT2D eigenvalue weighted by molar-refractivity contribution is -0.115. The van der Waals surface area contributed by atoms with Gasteiger partial charge in [-0.15, -0.1) is 20.4 Å². The van der Waals surface area contributed by atoms with Crippen LogP contribution in [0.4, 0.5) is 9.52 Å². The van der Waals surface area contributed by atoms with Gasteiger partial charge in [-0.05, 0) is 32.4 Å². The van der Waals surface area contributed by atoms with Crippen molar-refractivity contribution in [3.05, 3.63) is 46.5 Å². The molecule has 0 aliphatic rings. The van der Waals surface area contributed by atoms with Crippen molar-refractivity contribution in [2.24, 2.45) is 7.05 Å². The number of anilines is 1. The molecule has 0 unspecified atom stereocenters. The molecule has 2 aromatic heterocycles. The maximum Gasteiger partial charge on any atom is 0.254 e. The van der Waals surface area contributed by atoms with Crippen LogP contribution < -0.4 is 10.6 Å². The standard InChI is InChI=1S/C19H22FN7O2S2/c1-5-14-23-25-18(31-14)22-16(28)11(3)30-19-26-24-15(27(19)4)10(2)21-17(29)12-8-6-7-9-13(12)20/h6-11H,5H2,1-4H3,(H,21,29)(H,22,25,28)/t10-,11-/m1/s1. The van der Waals surface area contributed by atoms with Crippen LogP contribution in [0.5, 0.6) is 0 Å². The quantitative estimate of drug-likeness (QED) is 0.494. The number of halogens is 1. The Bertz CT molecular complexity index is 1080. The molecule has 0 radical (unpaired) electrons. The average Bonchev–Trinajstić information content (AvgIpc) is 3.34. The van der Waals surface area contributed by atoms with Gasteiger partial charge in [0.15, 0.2) is 11.0 Å². The van der Waals surface area contributed by atoms with Crippen molar-refractivity contribution in [3.8, 4) is 0 Å². The van der Waals surface area contributed by atoms with Crippen LogP contribution in [0, 0.1) is 5.82 Å². The molecule has 31 heavy (non-hydrogen) atoms. The molecule has 3 rings (SSSR count). The molecular formula is C19H22FN7O2S2. The van der Waals surface area contributed by atoms with Gasteiger partial charge >= 0.3 is 0 Å². The van der Waals surface area contributed by atoms with Gasteiger partial charge in [-0.3, -0.25) is 14.9 Å². The third-order valence-corrected chi connectivity index (χ3v) is 6.49. The molecule has 9 nitrogen and oxygen atoms in total. The van der Waals surface area contributed by atoms with E-state index in [4.69, 9.17) is 0 Å². The fraction of sp³-hybridized carbons (Fsp3) is 0.368. The van der Waals surface area contributed by atoms with Crippen molar-refractivity contribution in [3.63, 3.8) is 0 Å². The van der Waals surface area contributed by atoms with Gasteiger partial charge in [0.2, 0.25) is 11.0 Å². The molecule has 0 aliphatic carbocycles. The van der Waals surface area contributed by atoms with Gasteiger partial charge in [-0.1, -0.05) is 42.2 Å². The molecule has 2 amide bonds. The first-order valence-corrected chi connectivity index (χ1v) is 11.2. The molecule has 0 aliphatic heterocycles. The summed E-state index contributed by atoms with van der Waals surface area (Å²) >= 11 is 2.56. The minimum absolute atomic E-state index is 0.0423. The molecule has 0 spiro atoms. The van der Waals surface area contributed by atoms with Crippen molar-refractivity contribution < 1.29 is 14.0 Å². The smallest absolute Gasteiger partial charge is 0.254 e. The summed E-state index contributed by atoms with van der Waals surface area (Å²) in [6.07, 6.45) is 0.755. The number of nitrogens with one attached hydrogen (secondary N) is 2. The van der Waals surface area contributed by atoms with Crippen LogP contribution in [0.3, 0.4) is 0 Å². The van der Waals surface area contributed by atoms with E-state index in [9.17, 15) is 14.0 Å². The Balaban J connectivity index is 1.62. The Labute approximate surface area is 186 Å².